The molecule has 0 aromatic carbocycles. The molecule has 0 fully saturated rings. The second-order valence-electron chi connectivity index (χ2n) is 18.7. The van der Waals surface area contributed by atoms with Crippen LogP contribution in [0.1, 0.15) is 290 Å². The van der Waals surface area contributed by atoms with E-state index < -0.39 is 18.2 Å². The number of hydrogen-bond acceptors (Lipinski definition) is 5. The molecule has 1 amide bonds. The second kappa shape index (κ2) is 49.4. The number of aliphatic hydroxyl groups excluding tert-OH is 2. The van der Waals surface area contributed by atoms with E-state index in [9.17, 15) is 19.8 Å². The lowest BCUT2D eigenvalue weighted by molar-refractivity contribution is -0.151. The van der Waals surface area contributed by atoms with Crippen molar-refractivity contribution in [2.45, 2.75) is 309 Å². The van der Waals surface area contributed by atoms with Crippen LogP contribution in [0.4, 0.5) is 0 Å². The number of nitrogens with one attached hydrogen (secondary N) is 1. The molecule has 61 heavy (non-hydrogen) atoms. The van der Waals surface area contributed by atoms with Gasteiger partial charge in [-0.05, 0) is 51.4 Å². The maximum absolute atomic E-state index is 13.2. The Morgan fingerprint density at radius 3 is 1.25 bits per heavy atom. The molecule has 0 saturated carbocycles. The van der Waals surface area contributed by atoms with E-state index in [0.29, 0.717) is 19.3 Å². The fourth-order valence-electron chi connectivity index (χ4n) is 8.42. The number of hydrogen-bond donors (Lipinski definition) is 3. The van der Waals surface area contributed by atoms with Crippen molar-refractivity contribution in [2.24, 2.45) is 0 Å². The first kappa shape index (κ1) is 59.3. The van der Waals surface area contributed by atoms with Gasteiger partial charge in [0.05, 0.1) is 25.2 Å². The average Bonchev–Trinajstić information content (AvgIpc) is 3.25. The predicted molar refractivity (Wildman–Crippen MR) is 264 cm³/mol. The third-order valence-electron chi connectivity index (χ3n) is 12.6. The van der Waals surface area contributed by atoms with E-state index in [1.165, 1.54) is 193 Å². The molecule has 0 heterocycles. The number of esters is 1. The summed E-state index contributed by atoms with van der Waals surface area (Å²) in [7, 11) is 0. The van der Waals surface area contributed by atoms with Gasteiger partial charge in [0.1, 0.15) is 6.10 Å². The van der Waals surface area contributed by atoms with Crippen LogP contribution >= 0.6 is 0 Å². The molecule has 0 aromatic rings. The third-order valence-corrected chi connectivity index (χ3v) is 12.6. The van der Waals surface area contributed by atoms with Gasteiger partial charge in [0.15, 0.2) is 0 Å². The van der Waals surface area contributed by atoms with E-state index in [1.54, 1.807) is 0 Å². The van der Waals surface area contributed by atoms with Gasteiger partial charge in [-0.15, -0.1) is 0 Å². The van der Waals surface area contributed by atoms with E-state index >= 15 is 0 Å². The zero-order valence-corrected chi connectivity index (χ0v) is 41.1. The van der Waals surface area contributed by atoms with Gasteiger partial charge in [0.2, 0.25) is 5.91 Å². The highest BCUT2D eigenvalue weighted by Gasteiger charge is 2.24. The molecule has 3 N–H and O–H groups in total. The lowest BCUT2D eigenvalue weighted by atomic mass is 10.0. The molecule has 3 atom stereocenters. The molecule has 0 radical (unpaired) electrons. The molecule has 6 nitrogen and oxygen atoms in total. The Morgan fingerprint density at radius 1 is 0.475 bits per heavy atom. The first-order chi connectivity index (χ1) is 30.0. The summed E-state index contributed by atoms with van der Waals surface area (Å²) in [5.74, 6) is -0.474. The van der Waals surface area contributed by atoms with Crippen LogP contribution in [-0.4, -0.2) is 46.9 Å². The normalized spacial score (nSPS) is 13.3. The Labute approximate surface area is 380 Å². The summed E-state index contributed by atoms with van der Waals surface area (Å²) in [6, 6.07) is -0.699. The summed E-state index contributed by atoms with van der Waals surface area (Å²) in [4.78, 5) is 26.1. The third kappa shape index (κ3) is 44.7. The SMILES string of the molecule is CCCCC/C=C/C=C/CCCCCCCCC(=O)OC(CCCCCCCCCCCC)CC(=O)NC(CO)C(O)CCCCCCCCCCCCCCCCCCC. The minimum absolute atomic E-state index is 0.0780. The van der Waals surface area contributed by atoms with Crippen LogP contribution in [0.5, 0.6) is 0 Å². The number of unbranched alkanes of at least 4 members (excludes halogenated alkanes) is 34. The summed E-state index contributed by atoms with van der Waals surface area (Å²) < 4.78 is 5.93. The Bertz CT molecular complexity index is 966. The van der Waals surface area contributed by atoms with Crippen LogP contribution < -0.4 is 5.32 Å². The van der Waals surface area contributed by atoms with Gasteiger partial charge in [0, 0.05) is 6.42 Å². The first-order valence-corrected chi connectivity index (χ1v) is 27.1. The molecule has 0 spiro atoms. The Balaban J connectivity index is 4.43. The summed E-state index contributed by atoms with van der Waals surface area (Å²) in [6.07, 6.45) is 56.7. The van der Waals surface area contributed by atoms with Crippen LogP contribution in [0.25, 0.3) is 0 Å². The maximum Gasteiger partial charge on any atom is 0.306 e. The van der Waals surface area contributed by atoms with E-state index in [4.69, 9.17) is 4.74 Å². The molecule has 6 heteroatoms. The lowest BCUT2D eigenvalue weighted by Gasteiger charge is -2.24. The van der Waals surface area contributed by atoms with E-state index in [-0.39, 0.29) is 24.9 Å². The van der Waals surface area contributed by atoms with E-state index in [2.05, 4.69) is 50.4 Å². The summed E-state index contributed by atoms with van der Waals surface area (Å²) in [5, 5.41) is 23.8. The van der Waals surface area contributed by atoms with Crippen molar-refractivity contribution in [3.8, 4) is 0 Å². The first-order valence-electron chi connectivity index (χ1n) is 27.1. The number of rotatable bonds is 49. The van der Waals surface area contributed by atoms with Crippen molar-refractivity contribution in [1.29, 1.82) is 0 Å². The van der Waals surface area contributed by atoms with E-state index in [1.807, 2.05) is 0 Å². The highest BCUT2D eigenvalue weighted by molar-refractivity contribution is 5.77. The molecule has 0 saturated heterocycles. The lowest BCUT2D eigenvalue weighted by Crippen LogP contribution is -2.46. The number of carbonyl (C=O) groups is 2. The van der Waals surface area contributed by atoms with Crippen molar-refractivity contribution in [3.63, 3.8) is 0 Å². The standard InChI is InChI=1S/C55H105NO5/c1-4-7-10-13-16-19-22-24-26-27-29-30-32-35-38-41-44-47-53(58)52(50-57)56-54(59)49-51(46-43-40-37-34-21-18-15-12-9-6-3)61-55(60)48-45-42-39-36-33-31-28-25-23-20-17-14-11-8-5-2/h17,20,23,25,51-53,57-58H,4-16,18-19,21-22,24,26-50H2,1-3H3,(H,56,59)/b20-17+,25-23+. The van der Waals surface area contributed by atoms with Gasteiger partial charge < -0.3 is 20.3 Å². The molecule has 0 aliphatic heterocycles. The number of aliphatic hydroxyl groups is 2. The highest BCUT2D eigenvalue weighted by Crippen LogP contribution is 2.18. The molecule has 0 aliphatic rings. The molecular formula is C55H105NO5. The predicted octanol–water partition coefficient (Wildman–Crippen LogP) is 16.3. The van der Waals surface area contributed by atoms with Crippen molar-refractivity contribution >= 4 is 11.9 Å². The topological polar surface area (TPSA) is 95.9 Å². The van der Waals surface area contributed by atoms with Crippen molar-refractivity contribution in [2.75, 3.05) is 6.61 Å². The molecular weight excluding hydrogens is 755 g/mol. The van der Waals surface area contributed by atoms with Crippen LogP contribution in [0.2, 0.25) is 0 Å². The number of ether oxygens (including phenoxy) is 1. The monoisotopic (exact) mass is 860 g/mol. The van der Waals surface area contributed by atoms with Crippen molar-refractivity contribution in [1.82, 2.24) is 5.32 Å². The van der Waals surface area contributed by atoms with Crippen LogP contribution in [0.3, 0.4) is 0 Å². The maximum atomic E-state index is 13.2. The van der Waals surface area contributed by atoms with Gasteiger partial charge in [0.25, 0.3) is 0 Å². The quantitative estimate of drug-likeness (QED) is 0.0322. The molecule has 360 valence electrons. The summed E-state index contributed by atoms with van der Waals surface area (Å²) in [6.45, 7) is 6.47. The fraction of sp³-hybridized carbons (Fsp3) is 0.891. The fourth-order valence-corrected chi connectivity index (χ4v) is 8.42. The second-order valence-corrected chi connectivity index (χ2v) is 18.7. The van der Waals surface area contributed by atoms with Gasteiger partial charge in [-0.1, -0.05) is 251 Å². The van der Waals surface area contributed by atoms with Crippen molar-refractivity contribution < 1.29 is 24.5 Å². The zero-order valence-electron chi connectivity index (χ0n) is 41.1. The minimum Gasteiger partial charge on any atom is -0.462 e. The molecule has 0 bridgehead atoms. The number of allylic oxidation sites excluding steroid dienone is 4. The van der Waals surface area contributed by atoms with Crippen LogP contribution in [0.15, 0.2) is 24.3 Å². The van der Waals surface area contributed by atoms with Gasteiger partial charge >= 0.3 is 5.97 Å². The molecule has 0 aliphatic carbocycles. The largest absolute Gasteiger partial charge is 0.462 e. The van der Waals surface area contributed by atoms with Gasteiger partial charge in [-0.2, -0.15) is 0 Å². The zero-order chi connectivity index (χ0) is 44.5. The minimum atomic E-state index is -0.785. The Hall–Kier alpha value is -1.66. The van der Waals surface area contributed by atoms with E-state index in [0.717, 1.165) is 51.4 Å². The number of carbonyl (C=O) groups excluding carboxylic acids is 2. The van der Waals surface area contributed by atoms with Gasteiger partial charge in [-0.3, -0.25) is 9.59 Å². The number of amides is 1. The smallest absolute Gasteiger partial charge is 0.306 e. The summed E-state index contributed by atoms with van der Waals surface area (Å²) in [5.41, 5.74) is 0. The molecule has 0 rings (SSSR count). The van der Waals surface area contributed by atoms with Crippen LogP contribution in [-0.2, 0) is 14.3 Å². The Kier molecular flexibility index (Phi) is 48.0. The highest BCUT2D eigenvalue weighted by atomic mass is 16.5. The van der Waals surface area contributed by atoms with Gasteiger partial charge in [-0.25, -0.2) is 0 Å². The molecule has 3 unspecified atom stereocenters. The van der Waals surface area contributed by atoms with Crippen LogP contribution in [0, 0.1) is 0 Å². The molecule has 0 aromatic heterocycles. The Morgan fingerprint density at radius 2 is 0.820 bits per heavy atom. The van der Waals surface area contributed by atoms with Crippen molar-refractivity contribution in [3.05, 3.63) is 24.3 Å². The summed E-state index contributed by atoms with van der Waals surface area (Å²) >= 11 is 0. The average molecular weight is 860 g/mol.